The van der Waals surface area contributed by atoms with E-state index in [2.05, 4.69) is 19.2 Å². The molecule has 29 heavy (non-hydrogen) atoms. The highest BCUT2D eigenvalue weighted by Crippen LogP contribution is 2.29. The van der Waals surface area contributed by atoms with Crippen LogP contribution < -0.4 is 19.7 Å². The average molecular weight is 394 g/mol. The van der Waals surface area contributed by atoms with Crippen molar-refractivity contribution in [3.05, 3.63) is 59.2 Å². The first-order valence-electron chi connectivity index (χ1n) is 9.09. The summed E-state index contributed by atoms with van der Waals surface area (Å²) in [7, 11) is 3.00. The van der Waals surface area contributed by atoms with Gasteiger partial charge in [-0.15, -0.1) is 0 Å². The average Bonchev–Trinajstić information content (AvgIpc) is 2.71. The first-order chi connectivity index (χ1) is 13.8. The van der Waals surface area contributed by atoms with Gasteiger partial charge in [0.15, 0.2) is 0 Å². The van der Waals surface area contributed by atoms with Crippen LogP contribution in [0.15, 0.2) is 48.0 Å². The lowest BCUT2D eigenvalue weighted by molar-refractivity contribution is -0.122. The number of carbonyl (C=O) groups is 3. The van der Waals surface area contributed by atoms with Crippen LogP contribution in [0.1, 0.15) is 30.9 Å². The van der Waals surface area contributed by atoms with E-state index in [0.29, 0.717) is 28.7 Å². The number of anilines is 1. The standard InChI is InChI=1S/C22H22N2O5/c1-13(2)14-5-8-16(9-6-14)24-21(26)18(20(25)23-22(24)27)11-15-7-10-17(28-3)12-19(15)29-4/h5-13H,1-4H3,(H,23,25,27)/b18-11+. The summed E-state index contributed by atoms with van der Waals surface area (Å²) in [4.78, 5) is 38.6. The van der Waals surface area contributed by atoms with Gasteiger partial charge in [-0.3, -0.25) is 14.9 Å². The van der Waals surface area contributed by atoms with Crippen LogP contribution in [0.25, 0.3) is 6.08 Å². The summed E-state index contributed by atoms with van der Waals surface area (Å²) in [5, 5.41) is 2.22. The second-order valence-corrected chi connectivity index (χ2v) is 6.81. The van der Waals surface area contributed by atoms with Crippen molar-refractivity contribution in [2.75, 3.05) is 19.1 Å². The number of ether oxygens (including phenoxy) is 2. The van der Waals surface area contributed by atoms with E-state index in [0.717, 1.165) is 10.5 Å². The van der Waals surface area contributed by atoms with Crippen LogP contribution in [0, 0.1) is 0 Å². The number of nitrogens with one attached hydrogen (secondary N) is 1. The number of benzene rings is 2. The van der Waals surface area contributed by atoms with Gasteiger partial charge < -0.3 is 9.47 Å². The van der Waals surface area contributed by atoms with Crippen molar-refractivity contribution in [3.8, 4) is 11.5 Å². The minimum Gasteiger partial charge on any atom is -0.497 e. The van der Waals surface area contributed by atoms with Crippen molar-refractivity contribution in [2.45, 2.75) is 19.8 Å². The number of barbiturate groups is 1. The molecule has 7 heteroatoms. The Kier molecular flexibility index (Phi) is 5.68. The third-order valence-corrected chi connectivity index (χ3v) is 4.66. The molecular weight excluding hydrogens is 372 g/mol. The molecule has 0 saturated carbocycles. The fourth-order valence-electron chi connectivity index (χ4n) is 2.99. The first kappa shape index (κ1) is 20.1. The third-order valence-electron chi connectivity index (χ3n) is 4.66. The molecule has 1 aliphatic rings. The topological polar surface area (TPSA) is 84.9 Å². The van der Waals surface area contributed by atoms with Crippen molar-refractivity contribution in [1.29, 1.82) is 0 Å². The Hall–Kier alpha value is -3.61. The molecule has 0 aromatic heterocycles. The molecule has 0 aliphatic carbocycles. The number of amides is 4. The predicted octanol–water partition coefficient (Wildman–Crippen LogP) is 3.49. The second kappa shape index (κ2) is 8.18. The normalized spacial score (nSPS) is 15.7. The molecule has 0 unspecified atom stereocenters. The van der Waals surface area contributed by atoms with Gasteiger partial charge in [-0.1, -0.05) is 26.0 Å². The maximum atomic E-state index is 13.0. The molecule has 1 fully saturated rings. The summed E-state index contributed by atoms with van der Waals surface area (Å²) in [6.07, 6.45) is 1.40. The molecule has 7 nitrogen and oxygen atoms in total. The molecule has 1 heterocycles. The Morgan fingerprint density at radius 2 is 1.66 bits per heavy atom. The van der Waals surface area contributed by atoms with Crippen LogP contribution in [0.4, 0.5) is 10.5 Å². The molecular formula is C22H22N2O5. The molecule has 0 radical (unpaired) electrons. The smallest absolute Gasteiger partial charge is 0.335 e. The highest BCUT2D eigenvalue weighted by atomic mass is 16.5. The fraction of sp³-hybridized carbons (Fsp3) is 0.227. The van der Waals surface area contributed by atoms with E-state index < -0.39 is 17.8 Å². The Bertz CT molecular complexity index is 993. The summed E-state index contributed by atoms with van der Waals surface area (Å²) >= 11 is 0. The molecule has 1 N–H and O–H groups in total. The third kappa shape index (κ3) is 3.99. The van der Waals surface area contributed by atoms with Gasteiger partial charge in [-0.2, -0.15) is 0 Å². The number of nitrogens with zero attached hydrogens (tertiary/aromatic N) is 1. The van der Waals surface area contributed by atoms with Gasteiger partial charge in [-0.05, 0) is 41.8 Å². The van der Waals surface area contributed by atoms with Gasteiger partial charge in [0.1, 0.15) is 17.1 Å². The predicted molar refractivity (Wildman–Crippen MR) is 109 cm³/mol. The van der Waals surface area contributed by atoms with Crippen molar-refractivity contribution in [2.24, 2.45) is 0 Å². The number of imide groups is 2. The Morgan fingerprint density at radius 3 is 2.24 bits per heavy atom. The number of methoxy groups -OCH3 is 2. The molecule has 3 rings (SSSR count). The lowest BCUT2D eigenvalue weighted by Gasteiger charge is -2.26. The van der Waals surface area contributed by atoms with E-state index in [-0.39, 0.29) is 5.57 Å². The minimum absolute atomic E-state index is 0.166. The van der Waals surface area contributed by atoms with E-state index in [9.17, 15) is 14.4 Å². The highest BCUT2D eigenvalue weighted by molar-refractivity contribution is 6.39. The molecule has 0 atom stereocenters. The van der Waals surface area contributed by atoms with Crippen LogP contribution in [0.2, 0.25) is 0 Å². The van der Waals surface area contributed by atoms with Crippen LogP contribution in [-0.4, -0.2) is 32.1 Å². The van der Waals surface area contributed by atoms with E-state index in [1.54, 1.807) is 30.3 Å². The largest absolute Gasteiger partial charge is 0.497 e. The minimum atomic E-state index is -0.781. The highest BCUT2D eigenvalue weighted by Gasteiger charge is 2.37. The molecule has 0 spiro atoms. The summed E-state index contributed by atoms with van der Waals surface area (Å²) in [5.74, 6) is -0.135. The van der Waals surface area contributed by atoms with Crippen LogP contribution >= 0.6 is 0 Å². The quantitative estimate of drug-likeness (QED) is 0.620. The van der Waals surface area contributed by atoms with Gasteiger partial charge in [0.05, 0.1) is 19.9 Å². The summed E-state index contributed by atoms with van der Waals surface area (Å²) in [6.45, 7) is 4.10. The van der Waals surface area contributed by atoms with Crippen molar-refractivity contribution >= 4 is 29.6 Å². The Morgan fingerprint density at radius 1 is 0.966 bits per heavy atom. The molecule has 2 aromatic rings. The molecule has 0 bridgehead atoms. The molecule has 4 amide bonds. The van der Waals surface area contributed by atoms with E-state index in [1.807, 2.05) is 12.1 Å². The number of hydrogen-bond acceptors (Lipinski definition) is 5. The fourth-order valence-corrected chi connectivity index (χ4v) is 2.99. The van der Waals surface area contributed by atoms with Crippen molar-refractivity contribution < 1.29 is 23.9 Å². The van der Waals surface area contributed by atoms with Crippen LogP contribution in [-0.2, 0) is 9.59 Å². The molecule has 2 aromatic carbocycles. The zero-order valence-corrected chi connectivity index (χ0v) is 16.7. The number of rotatable bonds is 5. The summed E-state index contributed by atoms with van der Waals surface area (Å²) in [5.41, 5.74) is 1.81. The maximum Gasteiger partial charge on any atom is 0.335 e. The van der Waals surface area contributed by atoms with E-state index in [1.165, 1.54) is 20.3 Å². The molecule has 150 valence electrons. The molecule has 1 saturated heterocycles. The van der Waals surface area contributed by atoms with Gasteiger partial charge >= 0.3 is 6.03 Å². The van der Waals surface area contributed by atoms with Crippen molar-refractivity contribution in [1.82, 2.24) is 5.32 Å². The number of carbonyl (C=O) groups excluding carboxylic acids is 3. The van der Waals surface area contributed by atoms with Gasteiger partial charge in [-0.25, -0.2) is 9.69 Å². The van der Waals surface area contributed by atoms with Crippen LogP contribution in [0.3, 0.4) is 0 Å². The monoisotopic (exact) mass is 394 g/mol. The lowest BCUT2D eigenvalue weighted by atomic mass is 10.0. The second-order valence-electron chi connectivity index (χ2n) is 6.81. The van der Waals surface area contributed by atoms with Gasteiger partial charge in [0, 0.05) is 11.6 Å². The van der Waals surface area contributed by atoms with Crippen LogP contribution in [0.5, 0.6) is 11.5 Å². The first-order valence-corrected chi connectivity index (χ1v) is 9.09. The summed E-state index contributed by atoms with van der Waals surface area (Å²) in [6, 6.07) is 11.3. The SMILES string of the molecule is COc1ccc(/C=C2\C(=O)NC(=O)N(c3ccc(C(C)C)cc3)C2=O)c(OC)c1. The Balaban J connectivity index is 2.00. The zero-order chi connectivity index (χ0) is 21.1. The molecule has 1 aliphatic heterocycles. The number of urea groups is 1. The summed E-state index contributed by atoms with van der Waals surface area (Å²) < 4.78 is 10.5. The Labute approximate surface area is 168 Å². The number of hydrogen-bond donors (Lipinski definition) is 1. The van der Waals surface area contributed by atoms with Gasteiger partial charge in [0.2, 0.25) is 0 Å². The zero-order valence-electron chi connectivity index (χ0n) is 16.7. The van der Waals surface area contributed by atoms with Gasteiger partial charge in [0.25, 0.3) is 11.8 Å². The lowest BCUT2D eigenvalue weighted by Crippen LogP contribution is -2.54. The van der Waals surface area contributed by atoms with E-state index >= 15 is 0 Å². The van der Waals surface area contributed by atoms with E-state index in [4.69, 9.17) is 9.47 Å². The van der Waals surface area contributed by atoms with Crippen molar-refractivity contribution in [3.63, 3.8) is 0 Å². The maximum absolute atomic E-state index is 13.0.